The van der Waals surface area contributed by atoms with E-state index in [0.717, 1.165) is 37.3 Å². The Kier molecular flexibility index (Phi) is 5.94. The highest BCUT2D eigenvalue weighted by atomic mass is 16.5. The molecule has 146 valence electrons. The molecule has 4 rings (SSSR count). The van der Waals surface area contributed by atoms with E-state index in [9.17, 15) is 0 Å². The lowest BCUT2D eigenvalue weighted by molar-refractivity contribution is 0.201. The highest BCUT2D eigenvalue weighted by Crippen LogP contribution is 2.33. The van der Waals surface area contributed by atoms with Gasteiger partial charge in [0.15, 0.2) is 0 Å². The molecule has 0 amide bonds. The van der Waals surface area contributed by atoms with Crippen molar-refractivity contribution in [3.63, 3.8) is 0 Å². The van der Waals surface area contributed by atoms with E-state index in [-0.39, 0.29) is 6.04 Å². The summed E-state index contributed by atoms with van der Waals surface area (Å²) in [5.74, 6) is 2.06. The minimum absolute atomic E-state index is 0.169. The Morgan fingerprint density at radius 1 is 1.25 bits per heavy atom. The van der Waals surface area contributed by atoms with Gasteiger partial charge in [-0.3, -0.25) is 4.90 Å². The van der Waals surface area contributed by atoms with E-state index in [0.29, 0.717) is 24.9 Å². The van der Waals surface area contributed by atoms with Gasteiger partial charge < -0.3 is 14.6 Å². The first-order valence-electron chi connectivity index (χ1n) is 9.64. The number of benzene rings is 1. The van der Waals surface area contributed by atoms with Crippen LogP contribution in [0.2, 0.25) is 0 Å². The fourth-order valence-electron chi connectivity index (χ4n) is 3.55. The molecule has 0 saturated carbocycles. The molecule has 1 unspecified atom stereocenters. The zero-order valence-corrected chi connectivity index (χ0v) is 16.0. The molecule has 7 nitrogen and oxygen atoms in total. The van der Waals surface area contributed by atoms with Crippen LogP contribution in [0, 0.1) is 0 Å². The van der Waals surface area contributed by atoms with Gasteiger partial charge in [-0.2, -0.15) is 4.98 Å². The van der Waals surface area contributed by atoms with Gasteiger partial charge in [-0.15, -0.1) is 0 Å². The molecule has 0 radical (unpaired) electrons. The number of likely N-dealkylation sites (tertiary alicyclic amines) is 1. The minimum atomic E-state index is 0.169. The lowest BCUT2D eigenvalue weighted by Gasteiger charge is -2.21. The summed E-state index contributed by atoms with van der Waals surface area (Å²) in [4.78, 5) is 11.4. The average molecular weight is 379 g/mol. The molecule has 2 aromatic heterocycles. The normalized spacial score (nSPS) is 17.1. The second kappa shape index (κ2) is 8.95. The van der Waals surface area contributed by atoms with Crippen molar-refractivity contribution < 1.29 is 9.26 Å². The molecule has 3 aromatic rings. The predicted molar refractivity (Wildman–Crippen MR) is 107 cm³/mol. The van der Waals surface area contributed by atoms with E-state index >= 15 is 0 Å². The first kappa shape index (κ1) is 18.6. The second-order valence-electron chi connectivity index (χ2n) is 6.92. The van der Waals surface area contributed by atoms with Gasteiger partial charge in [0.2, 0.25) is 11.7 Å². The van der Waals surface area contributed by atoms with Gasteiger partial charge in [-0.05, 0) is 37.1 Å². The van der Waals surface area contributed by atoms with E-state index in [4.69, 9.17) is 14.2 Å². The SMILES string of the molecule is COCCNc1cc(-c2noc(C3CCCN3Cc3ccccc3)n2)ccn1. The Morgan fingerprint density at radius 2 is 2.14 bits per heavy atom. The summed E-state index contributed by atoms with van der Waals surface area (Å²) in [5, 5.41) is 7.44. The van der Waals surface area contributed by atoms with E-state index in [1.165, 1.54) is 5.56 Å². The summed E-state index contributed by atoms with van der Waals surface area (Å²) in [6.07, 6.45) is 3.92. The van der Waals surface area contributed by atoms with Crippen LogP contribution in [-0.2, 0) is 11.3 Å². The largest absolute Gasteiger partial charge is 0.383 e. The van der Waals surface area contributed by atoms with Crippen LogP contribution >= 0.6 is 0 Å². The molecule has 1 aromatic carbocycles. The van der Waals surface area contributed by atoms with Crippen molar-refractivity contribution in [2.75, 3.05) is 32.1 Å². The van der Waals surface area contributed by atoms with Gasteiger partial charge >= 0.3 is 0 Å². The predicted octanol–water partition coefficient (Wildman–Crippen LogP) is 3.53. The number of methoxy groups -OCH3 is 1. The number of nitrogens with one attached hydrogen (secondary N) is 1. The summed E-state index contributed by atoms with van der Waals surface area (Å²) in [6.45, 7) is 3.25. The first-order valence-corrected chi connectivity index (χ1v) is 9.64. The molecule has 1 N–H and O–H groups in total. The zero-order chi connectivity index (χ0) is 19.2. The number of anilines is 1. The number of hydrogen-bond acceptors (Lipinski definition) is 7. The van der Waals surface area contributed by atoms with Crippen molar-refractivity contribution in [2.45, 2.75) is 25.4 Å². The molecule has 1 aliphatic rings. The average Bonchev–Trinajstić information content (AvgIpc) is 3.39. The van der Waals surface area contributed by atoms with Crippen LogP contribution in [0.15, 0.2) is 53.2 Å². The van der Waals surface area contributed by atoms with E-state index in [1.54, 1.807) is 13.3 Å². The molecular formula is C21H25N5O2. The van der Waals surface area contributed by atoms with E-state index in [2.05, 4.69) is 44.6 Å². The van der Waals surface area contributed by atoms with Crippen molar-refractivity contribution in [3.05, 3.63) is 60.1 Å². The summed E-state index contributed by atoms with van der Waals surface area (Å²) in [7, 11) is 1.68. The lowest BCUT2D eigenvalue weighted by atomic mass is 10.2. The highest BCUT2D eigenvalue weighted by molar-refractivity contribution is 5.58. The summed E-state index contributed by atoms with van der Waals surface area (Å²) < 4.78 is 10.7. The van der Waals surface area contributed by atoms with Gasteiger partial charge in [0.05, 0.1) is 12.6 Å². The van der Waals surface area contributed by atoms with Crippen LogP contribution < -0.4 is 5.32 Å². The van der Waals surface area contributed by atoms with Crippen LogP contribution in [0.5, 0.6) is 0 Å². The Labute approximate surface area is 164 Å². The number of rotatable bonds is 8. The Balaban J connectivity index is 1.47. The Bertz CT molecular complexity index is 883. The smallest absolute Gasteiger partial charge is 0.244 e. The second-order valence-corrected chi connectivity index (χ2v) is 6.92. The van der Waals surface area contributed by atoms with Crippen molar-refractivity contribution in [2.24, 2.45) is 0 Å². The molecular weight excluding hydrogens is 354 g/mol. The molecule has 3 heterocycles. The molecule has 28 heavy (non-hydrogen) atoms. The van der Waals surface area contributed by atoms with Crippen LogP contribution in [0.3, 0.4) is 0 Å². The quantitative estimate of drug-likeness (QED) is 0.600. The van der Waals surface area contributed by atoms with Crippen LogP contribution in [0.4, 0.5) is 5.82 Å². The van der Waals surface area contributed by atoms with E-state index in [1.807, 2.05) is 18.2 Å². The number of aromatic nitrogens is 3. The van der Waals surface area contributed by atoms with Gasteiger partial charge in [0, 0.05) is 32.0 Å². The number of hydrogen-bond donors (Lipinski definition) is 1. The molecule has 0 aliphatic carbocycles. The molecule has 0 spiro atoms. The topological polar surface area (TPSA) is 76.3 Å². The van der Waals surface area contributed by atoms with Crippen LogP contribution in [0.1, 0.15) is 30.3 Å². The summed E-state index contributed by atoms with van der Waals surface area (Å²) >= 11 is 0. The third-order valence-electron chi connectivity index (χ3n) is 4.95. The minimum Gasteiger partial charge on any atom is -0.383 e. The maximum absolute atomic E-state index is 5.65. The number of pyridine rings is 1. The molecule has 1 fully saturated rings. The van der Waals surface area contributed by atoms with Crippen molar-refractivity contribution >= 4 is 5.82 Å². The maximum Gasteiger partial charge on any atom is 0.244 e. The third-order valence-corrected chi connectivity index (χ3v) is 4.95. The summed E-state index contributed by atoms with van der Waals surface area (Å²) in [5.41, 5.74) is 2.19. The fraction of sp³-hybridized carbons (Fsp3) is 0.381. The zero-order valence-electron chi connectivity index (χ0n) is 16.0. The number of nitrogens with zero attached hydrogens (tertiary/aromatic N) is 4. The lowest BCUT2D eigenvalue weighted by Crippen LogP contribution is -2.22. The highest BCUT2D eigenvalue weighted by Gasteiger charge is 2.30. The third kappa shape index (κ3) is 4.37. The van der Waals surface area contributed by atoms with Crippen molar-refractivity contribution in [1.29, 1.82) is 0 Å². The molecule has 7 heteroatoms. The van der Waals surface area contributed by atoms with Crippen molar-refractivity contribution in [3.8, 4) is 11.4 Å². The maximum atomic E-state index is 5.65. The monoisotopic (exact) mass is 379 g/mol. The molecule has 1 aliphatic heterocycles. The Morgan fingerprint density at radius 3 is 3.00 bits per heavy atom. The van der Waals surface area contributed by atoms with Crippen LogP contribution in [0.25, 0.3) is 11.4 Å². The summed E-state index contributed by atoms with van der Waals surface area (Å²) in [6, 6.07) is 14.5. The van der Waals surface area contributed by atoms with Gasteiger partial charge in [-0.25, -0.2) is 4.98 Å². The Hall–Kier alpha value is -2.77. The van der Waals surface area contributed by atoms with Gasteiger partial charge in [0.25, 0.3) is 0 Å². The standard InChI is InChI=1S/C21H25N5O2/c1-27-13-11-23-19-14-17(9-10-22-19)20-24-21(28-25-20)18-8-5-12-26(18)15-16-6-3-2-4-7-16/h2-4,6-7,9-10,14,18H,5,8,11-13,15H2,1H3,(H,22,23). The molecule has 0 bridgehead atoms. The molecule has 1 atom stereocenters. The molecule has 1 saturated heterocycles. The van der Waals surface area contributed by atoms with Crippen molar-refractivity contribution in [1.82, 2.24) is 20.0 Å². The van der Waals surface area contributed by atoms with Crippen LogP contribution in [-0.4, -0.2) is 46.8 Å². The fourth-order valence-corrected chi connectivity index (χ4v) is 3.55. The van der Waals surface area contributed by atoms with E-state index < -0.39 is 0 Å². The first-order chi connectivity index (χ1) is 13.8. The number of ether oxygens (including phenoxy) is 1. The van der Waals surface area contributed by atoms with Gasteiger partial charge in [0.1, 0.15) is 5.82 Å². The van der Waals surface area contributed by atoms with Gasteiger partial charge in [-0.1, -0.05) is 35.5 Å².